The van der Waals surface area contributed by atoms with Gasteiger partial charge in [-0.1, -0.05) is 6.07 Å². The topological polar surface area (TPSA) is 45.5 Å². The molecule has 0 amide bonds. The zero-order chi connectivity index (χ0) is 18.0. The second-order valence-electron chi connectivity index (χ2n) is 6.55. The predicted molar refractivity (Wildman–Crippen MR) is 94.2 cm³/mol. The number of aliphatic hydroxyl groups is 1. The molecule has 0 bridgehead atoms. The molecule has 25 heavy (non-hydrogen) atoms. The molecule has 134 valence electrons. The molecule has 1 fully saturated rings. The molecule has 0 spiro atoms. The summed E-state index contributed by atoms with van der Waals surface area (Å²) in [5.41, 5.74) is -0.690. The fourth-order valence-electron chi connectivity index (χ4n) is 3.12. The molecular weight excluding hydrogens is 394 g/mol. The lowest BCUT2D eigenvalue weighted by molar-refractivity contribution is -0.0365. The Morgan fingerprint density at radius 2 is 1.88 bits per heavy atom. The minimum absolute atomic E-state index is 0.160. The highest BCUT2D eigenvalue weighted by molar-refractivity contribution is 9.10. The third kappa shape index (κ3) is 4.54. The third-order valence-corrected chi connectivity index (χ3v) is 5.08. The fraction of sp³-hybridized carbons (Fsp3) is 0.389. The molecule has 1 saturated heterocycles. The Labute approximate surface area is 152 Å². The molecule has 2 aromatic rings. The molecular formula is C18H19BrF2N2O2. The van der Waals surface area contributed by atoms with Gasteiger partial charge in [0.25, 0.3) is 5.56 Å². The number of rotatable bonds is 4. The van der Waals surface area contributed by atoms with Crippen molar-refractivity contribution < 1.29 is 13.9 Å². The highest BCUT2D eigenvalue weighted by atomic mass is 79.9. The van der Waals surface area contributed by atoms with E-state index in [1.807, 2.05) is 4.90 Å². The number of likely N-dealkylation sites (tertiary alicyclic amines) is 1. The molecule has 0 saturated carbocycles. The number of aromatic nitrogens is 1. The first-order valence-electron chi connectivity index (χ1n) is 8.09. The van der Waals surface area contributed by atoms with Gasteiger partial charge in [0.15, 0.2) is 0 Å². The lowest BCUT2D eigenvalue weighted by Gasteiger charge is -2.38. The van der Waals surface area contributed by atoms with Crippen molar-refractivity contribution in [2.45, 2.75) is 31.5 Å². The summed E-state index contributed by atoms with van der Waals surface area (Å²) in [6.45, 7) is 1.76. The summed E-state index contributed by atoms with van der Waals surface area (Å²) in [7, 11) is 0. The molecule has 7 heteroatoms. The largest absolute Gasteiger partial charge is 0.388 e. The van der Waals surface area contributed by atoms with Crippen molar-refractivity contribution in [1.82, 2.24) is 9.47 Å². The van der Waals surface area contributed by atoms with Gasteiger partial charge in [-0.25, -0.2) is 8.78 Å². The summed E-state index contributed by atoms with van der Waals surface area (Å²) in [5, 5.41) is 10.8. The van der Waals surface area contributed by atoms with Crippen molar-refractivity contribution in [2.24, 2.45) is 0 Å². The highest BCUT2D eigenvalue weighted by Gasteiger charge is 2.33. The van der Waals surface area contributed by atoms with E-state index in [2.05, 4.69) is 15.9 Å². The SMILES string of the molecule is O=c1ccc(Br)cn1CC1(O)CCN(Cc2ccc(F)cc2F)CC1. The van der Waals surface area contributed by atoms with E-state index in [9.17, 15) is 18.7 Å². The van der Waals surface area contributed by atoms with Crippen molar-refractivity contribution in [3.05, 3.63) is 68.6 Å². The Bertz CT molecular complexity index is 817. The van der Waals surface area contributed by atoms with Crippen LogP contribution in [0.25, 0.3) is 0 Å². The monoisotopic (exact) mass is 412 g/mol. The van der Waals surface area contributed by atoms with Crippen molar-refractivity contribution in [3.63, 3.8) is 0 Å². The smallest absolute Gasteiger partial charge is 0.250 e. The standard InChI is InChI=1S/C18H19BrF2N2O2/c19-14-2-4-17(24)23(11-14)12-18(25)5-7-22(8-6-18)10-13-1-3-15(20)9-16(13)21/h1-4,9,11,25H,5-8,10,12H2. The first kappa shape index (κ1) is 18.2. The van der Waals surface area contributed by atoms with Gasteiger partial charge in [-0.2, -0.15) is 0 Å². The number of hydrogen-bond acceptors (Lipinski definition) is 3. The summed E-state index contributed by atoms with van der Waals surface area (Å²) in [4.78, 5) is 13.9. The van der Waals surface area contributed by atoms with E-state index in [1.54, 1.807) is 12.3 Å². The molecule has 0 atom stereocenters. The normalized spacial score (nSPS) is 17.6. The molecule has 1 aliphatic heterocycles. The van der Waals surface area contributed by atoms with Crippen LogP contribution in [0.4, 0.5) is 8.78 Å². The molecule has 2 heterocycles. The molecule has 3 rings (SSSR count). The summed E-state index contributed by atoms with van der Waals surface area (Å²) in [5.74, 6) is -1.14. The lowest BCUT2D eigenvalue weighted by Crippen LogP contribution is -2.47. The van der Waals surface area contributed by atoms with Gasteiger partial charge in [-0.3, -0.25) is 9.69 Å². The van der Waals surface area contributed by atoms with E-state index in [4.69, 9.17) is 0 Å². The van der Waals surface area contributed by atoms with Crippen LogP contribution >= 0.6 is 15.9 Å². The number of hydrogen-bond donors (Lipinski definition) is 1. The van der Waals surface area contributed by atoms with Crippen LogP contribution in [-0.2, 0) is 13.1 Å². The van der Waals surface area contributed by atoms with E-state index in [1.165, 1.54) is 22.8 Å². The van der Waals surface area contributed by atoms with Gasteiger partial charge in [0.05, 0.1) is 12.1 Å². The second-order valence-corrected chi connectivity index (χ2v) is 7.47. The number of nitrogens with zero attached hydrogens (tertiary/aromatic N) is 2. The Morgan fingerprint density at radius 3 is 2.56 bits per heavy atom. The summed E-state index contributed by atoms with van der Waals surface area (Å²) in [6, 6.07) is 6.71. The quantitative estimate of drug-likeness (QED) is 0.839. The second kappa shape index (κ2) is 7.35. The van der Waals surface area contributed by atoms with Crippen LogP contribution in [0.1, 0.15) is 18.4 Å². The van der Waals surface area contributed by atoms with Gasteiger partial charge in [-0.05, 0) is 40.9 Å². The van der Waals surface area contributed by atoms with Gasteiger partial charge >= 0.3 is 0 Å². The van der Waals surface area contributed by atoms with Crippen LogP contribution in [0.3, 0.4) is 0 Å². The van der Waals surface area contributed by atoms with Crippen LogP contribution in [0.5, 0.6) is 0 Å². The Balaban J connectivity index is 1.62. The molecule has 0 aliphatic carbocycles. The van der Waals surface area contributed by atoms with E-state index in [-0.39, 0.29) is 12.1 Å². The van der Waals surface area contributed by atoms with E-state index in [0.29, 0.717) is 38.0 Å². The van der Waals surface area contributed by atoms with Crippen molar-refractivity contribution in [3.8, 4) is 0 Å². The van der Waals surface area contributed by atoms with Crippen LogP contribution in [0.2, 0.25) is 0 Å². The van der Waals surface area contributed by atoms with Crippen molar-refractivity contribution >= 4 is 15.9 Å². The average Bonchev–Trinajstić information content (AvgIpc) is 2.56. The van der Waals surface area contributed by atoms with Gasteiger partial charge in [-0.15, -0.1) is 0 Å². The van der Waals surface area contributed by atoms with Gasteiger partial charge in [0.2, 0.25) is 0 Å². The van der Waals surface area contributed by atoms with E-state index < -0.39 is 17.2 Å². The number of halogens is 3. The Kier molecular flexibility index (Phi) is 5.36. The Hall–Kier alpha value is -1.57. The molecule has 4 nitrogen and oxygen atoms in total. The lowest BCUT2D eigenvalue weighted by atomic mass is 9.91. The summed E-state index contributed by atoms with van der Waals surface area (Å²) >= 11 is 3.33. The van der Waals surface area contributed by atoms with E-state index >= 15 is 0 Å². The van der Waals surface area contributed by atoms with Crippen LogP contribution in [-0.4, -0.2) is 33.3 Å². The highest BCUT2D eigenvalue weighted by Crippen LogP contribution is 2.25. The van der Waals surface area contributed by atoms with Gasteiger partial charge < -0.3 is 9.67 Å². The van der Waals surface area contributed by atoms with Crippen LogP contribution in [0, 0.1) is 11.6 Å². The average molecular weight is 413 g/mol. The molecule has 1 N–H and O–H groups in total. The zero-order valence-electron chi connectivity index (χ0n) is 13.6. The predicted octanol–water partition coefficient (Wildman–Crippen LogP) is 2.92. The first-order valence-corrected chi connectivity index (χ1v) is 8.89. The maximum Gasteiger partial charge on any atom is 0.250 e. The number of piperidine rings is 1. The van der Waals surface area contributed by atoms with Crippen LogP contribution in [0.15, 0.2) is 45.8 Å². The molecule has 0 radical (unpaired) electrons. The molecule has 1 aliphatic rings. The maximum absolute atomic E-state index is 13.8. The molecule has 0 unspecified atom stereocenters. The van der Waals surface area contributed by atoms with Crippen molar-refractivity contribution in [1.29, 1.82) is 0 Å². The zero-order valence-corrected chi connectivity index (χ0v) is 15.2. The molecule has 1 aromatic carbocycles. The first-order chi connectivity index (χ1) is 11.8. The molecule has 1 aromatic heterocycles. The minimum Gasteiger partial charge on any atom is -0.388 e. The van der Waals surface area contributed by atoms with E-state index in [0.717, 1.165) is 10.5 Å². The van der Waals surface area contributed by atoms with Crippen LogP contribution < -0.4 is 5.56 Å². The Morgan fingerprint density at radius 1 is 1.16 bits per heavy atom. The van der Waals surface area contributed by atoms with Crippen molar-refractivity contribution in [2.75, 3.05) is 13.1 Å². The number of pyridine rings is 1. The minimum atomic E-state index is -0.970. The fourth-order valence-corrected chi connectivity index (χ4v) is 3.50. The summed E-state index contributed by atoms with van der Waals surface area (Å²) in [6.07, 6.45) is 2.63. The number of benzene rings is 1. The van der Waals surface area contributed by atoms with Gasteiger partial charge in [0.1, 0.15) is 11.6 Å². The summed E-state index contributed by atoms with van der Waals surface area (Å²) < 4.78 is 29.0. The maximum atomic E-state index is 13.8. The van der Waals surface area contributed by atoms with Gasteiger partial charge in [0, 0.05) is 48.0 Å². The third-order valence-electron chi connectivity index (χ3n) is 4.61.